The Morgan fingerprint density at radius 3 is 3.00 bits per heavy atom. The van der Waals surface area contributed by atoms with Crippen molar-refractivity contribution in [1.82, 2.24) is 5.32 Å². The first-order chi connectivity index (χ1) is 7.31. The minimum atomic E-state index is 0.407. The zero-order valence-electron chi connectivity index (χ0n) is 8.87. The molecule has 3 heteroatoms. The molecule has 2 unspecified atom stereocenters. The van der Waals surface area contributed by atoms with E-state index in [0.717, 1.165) is 24.1 Å². The average molecular weight is 270 g/mol. The van der Waals surface area contributed by atoms with E-state index in [1.54, 1.807) is 0 Å². The highest BCUT2D eigenvalue weighted by Gasteiger charge is 2.25. The molecule has 1 aromatic carbocycles. The lowest BCUT2D eigenvalue weighted by atomic mass is 9.92. The fourth-order valence-corrected chi connectivity index (χ4v) is 2.61. The van der Waals surface area contributed by atoms with Crippen LogP contribution < -0.4 is 5.32 Å². The zero-order valence-corrected chi connectivity index (χ0v) is 10.5. The third-order valence-electron chi connectivity index (χ3n) is 2.96. The lowest BCUT2D eigenvalue weighted by molar-refractivity contribution is 0.178. The van der Waals surface area contributed by atoms with Crippen molar-refractivity contribution in [3.63, 3.8) is 0 Å². The number of halogens is 1. The van der Waals surface area contributed by atoms with Gasteiger partial charge in [0.25, 0.3) is 0 Å². The Hall–Kier alpha value is -0.380. The largest absolute Gasteiger partial charge is 0.381 e. The maximum absolute atomic E-state index is 5.44. The van der Waals surface area contributed by atoms with Crippen molar-refractivity contribution in [2.75, 3.05) is 20.3 Å². The molecule has 2 atom stereocenters. The molecule has 1 aliphatic heterocycles. The van der Waals surface area contributed by atoms with Gasteiger partial charge in [0.1, 0.15) is 0 Å². The van der Waals surface area contributed by atoms with E-state index in [1.807, 2.05) is 7.05 Å². The second kappa shape index (κ2) is 5.10. The summed E-state index contributed by atoms with van der Waals surface area (Å²) in [5, 5.41) is 3.39. The second-order valence-electron chi connectivity index (χ2n) is 3.95. The van der Waals surface area contributed by atoms with Gasteiger partial charge in [0, 0.05) is 23.0 Å². The molecule has 1 N–H and O–H groups in total. The molecule has 0 bridgehead atoms. The van der Waals surface area contributed by atoms with Gasteiger partial charge in [-0.25, -0.2) is 0 Å². The Morgan fingerprint density at radius 2 is 2.40 bits per heavy atom. The Bertz CT molecular complexity index is 323. The van der Waals surface area contributed by atoms with Gasteiger partial charge in [-0.05, 0) is 31.2 Å². The summed E-state index contributed by atoms with van der Waals surface area (Å²) < 4.78 is 6.58. The number of hydrogen-bond donors (Lipinski definition) is 1. The van der Waals surface area contributed by atoms with Gasteiger partial charge in [0.2, 0.25) is 0 Å². The van der Waals surface area contributed by atoms with Crippen LogP contribution >= 0.6 is 15.9 Å². The van der Waals surface area contributed by atoms with Gasteiger partial charge in [-0.1, -0.05) is 28.1 Å². The summed E-state index contributed by atoms with van der Waals surface area (Å²) >= 11 is 3.51. The van der Waals surface area contributed by atoms with Crippen LogP contribution in [0.1, 0.15) is 18.0 Å². The van der Waals surface area contributed by atoms with Crippen molar-refractivity contribution in [3.05, 3.63) is 34.3 Å². The quantitative estimate of drug-likeness (QED) is 0.911. The third-order valence-corrected chi connectivity index (χ3v) is 3.45. The Labute approximate surface area is 99.1 Å². The molecule has 0 aromatic heterocycles. The summed E-state index contributed by atoms with van der Waals surface area (Å²) in [6.07, 6.45) is 1.15. The van der Waals surface area contributed by atoms with Crippen LogP contribution in [-0.2, 0) is 4.74 Å². The Kier molecular flexibility index (Phi) is 3.78. The molecule has 82 valence electrons. The van der Waals surface area contributed by atoms with Crippen molar-refractivity contribution >= 4 is 15.9 Å². The van der Waals surface area contributed by atoms with Crippen molar-refractivity contribution in [3.8, 4) is 0 Å². The number of ether oxygens (including phenoxy) is 1. The van der Waals surface area contributed by atoms with Gasteiger partial charge in [0.15, 0.2) is 0 Å². The minimum absolute atomic E-state index is 0.407. The van der Waals surface area contributed by atoms with Crippen LogP contribution in [0.5, 0.6) is 0 Å². The van der Waals surface area contributed by atoms with Gasteiger partial charge in [-0.2, -0.15) is 0 Å². The molecule has 0 spiro atoms. The summed E-state index contributed by atoms with van der Waals surface area (Å²) in [5.41, 5.74) is 1.34. The fraction of sp³-hybridized carbons (Fsp3) is 0.500. The van der Waals surface area contributed by atoms with Crippen molar-refractivity contribution in [2.45, 2.75) is 12.5 Å². The minimum Gasteiger partial charge on any atom is -0.381 e. The van der Waals surface area contributed by atoms with Crippen LogP contribution in [0.4, 0.5) is 0 Å². The second-order valence-corrected chi connectivity index (χ2v) is 4.86. The highest BCUT2D eigenvalue weighted by molar-refractivity contribution is 9.10. The van der Waals surface area contributed by atoms with Gasteiger partial charge >= 0.3 is 0 Å². The number of nitrogens with one attached hydrogen (secondary N) is 1. The van der Waals surface area contributed by atoms with Gasteiger partial charge in [0.05, 0.1) is 6.61 Å². The van der Waals surface area contributed by atoms with E-state index >= 15 is 0 Å². The molecule has 15 heavy (non-hydrogen) atoms. The molecular formula is C12H16BrNO. The number of rotatable bonds is 3. The van der Waals surface area contributed by atoms with Gasteiger partial charge in [-0.15, -0.1) is 0 Å². The maximum atomic E-state index is 5.44. The molecule has 0 amide bonds. The summed E-state index contributed by atoms with van der Waals surface area (Å²) in [6.45, 7) is 1.77. The van der Waals surface area contributed by atoms with Gasteiger partial charge in [-0.3, -0.25) is 0 Å². The SMILES string of the molecule is CNC(c1cccc(Br)c1)C1CCOC1. The van der Waals surface area contributed by atoms with E-state index in [2.05, 4.69) is 45.5 Å². The molecule has 1 fully saturated rings. The Balaban J connectivity index is 2.18. The molecule has 0 radical (unpaired) electrons. The molecule has 1 saturated heterocycles. The molecule has 1 heterocycles. The average Bonchev–Trinajstić information content (AvgIpc) is 2.72. The number of hydrogen-bond acceptors (Lipinski definition) is 2. The van der Waals surface area contributed by atoms with Crippen LogP contribution in [0.15, 0.2) is 28.7 Å². The van der Waals surface area contributed by atoms with Crippen LogP contribution in [0.3, 0.4) is 0 Å². The lowest BCUT2D eigenvalue weighted by Gasteiger charge is -2.22. The van der Waals surface area contributed by atoms with Gasteiger partial charge < -0.3 is 10.1 Å². The van der Waals surface area contributed by atoms with Crippen LogP contribution in [-0.4, -0.2) is 20.3 Å². The van der Waals surface area contributed by atoms with E-state index in [0.29, 0.717) is 12.0 Å². The lowest BCUT2D eigenvalue weighted by Crippen LogP contribution is -2.25. The first-order valence-electron chi connectivity index (χ1n) is 5.31. The smallest absolute Gasteiger partial charge is 0.0513 e. The van der Waals surface area contributed by atoms with Crippen molar-refractivity contribution in [2.24, 2.45) is 5.92 Å². The van der Waals surface area contributed by atoms with E-state index in [4.69, 9.17) is 4.74 Å². The fourth-order valence-electron chi connectivity index (χ4n) is 2.19. The third kappa shape index (κ3) is 2.60. The van der Waals surface area contributed by atoms with Crippen molar-refractivity contribution < 1.29 is 4.74 Å². The van der Waals surface area contributed by atoms with Crippen LogP contribution in [0, 0.1) is 5.92 Å². The highest BCUT2D eigenvalue weighted by atomic mass is 79.9. The predicted molar refractivity (Wildman–Crippen MR) is 64.9 cm³/mol. The zero-order chi connectivity index (χ0) is 10.7. The van der Waals surface area contributed by atoms with Crippen LogP contribution in [0.25, 0.3) is 0 Å². The van der Waals surface area contributed by atoms with E-state index in [9.17, 15) is 0 Å². The monoisotopic (exact) mass is 269 g/mol. The van der Waals surface area contributed by atoms with E-state index < -0.39 is 0 Å². The first kappa shape index (κ1) is 11.1. The maximum Gasteiger partial charge on any atom is 0.0513 e. The molecular weight excluding hydrogens is 254 g/mol. The summed E-state index contributed by atoms with van der Waals surface area (Å²) in [4.78, 5) is 0. The number of benzene rings is 1. The van der Waals surface area contributed by atoms with E-state index in [-0.39, 0.29) is 0 Å². The topological polar surface area (TPSA) is 21.3 Å². The molecule has 1 aliphatic rings. The molecule has 0 aliphatic carbocycles. The summed E-state index contributed by atoms with van der Waals surface area (Å²) in [5.74, 6) is 0.601. The Morgan fingerprint density at radius 1 is 1.53 bits per heavy atom. The molecule has 0 saturated carbocycles. The van der Waals surface area contributed by atoms with Crippen molar-refractivity contribution in [1.29, 1.82) is 0 Å². The standard InChI is InChI=1S/C12H16BrNO/c1-14-12(10-5-6-15-8-10)9-3-2-4-11(13)7-9/h2-4,7,10,12,14H,5-6,8H2,1H3. The normalized spacial score (nSPS) is 22.9. The first-order valence-corrected chi connectivity index (χ1v) is 6.11. The molecule has 2 rings (SSSR count). The molecule has 1 aromatic rings. The highest BCUT2D eigenvalue weighted by Crippen LogP contribution is 2.29. The molecule has 2 nitrogen and oxygen atoms in total. The predicted octanol–water partition coefficient (Wildman–Crippen LogP) is 2.75. The van der Waals surface area contributed by atoms with Crippen LogP contribution in [0.2, 0.25) is 0 Å². The summed E-state index contributed by atoms with van der Waals surface area (Å²) in [7, 11) is 2.02. The summed E-state index contributed by atoms with van der Waals surface area (Å²) in [6, 6.07) is 8.90. The van der Waals surface area contributed by atoms with E-state index in [1.165, 1.54) is 5.56 Å².